The molecule has 2 rings (SSSR count). The molecular weight excluding hydrogens is 358 g/mol. The summed E-state index contributed by atoms with van der Waals surface area (Å²) < 4.78 is 13.8. The van der Waals surface area contributed by atoms with Crippen LogP contribution in [0.1, 0.15) is 12.0 Å². The van der Waals surface area contributed by atoms with Gasteiger partial charge >= 0.3 is 0 Å². The second-order valence-corrected chi connectivity index (χ2v) is 4.54. The predicted octanol–water partition coefficient (Wildman–Crippen LogP) is 1.95. The lowest BCUT2D eigenvalue weighted by Crippen LogP contribution is -2.40. The van der Waals surface area contributed by atoms with Crippen molar-refractivity contribution in [2.75, 3.05) is 32.1 Å². The fraction of sp³-hybridized carbons (Fsp3) is 0.462. The van der Waals surface area contributed by atoms with Crippen molar-refractivity contribution in [2.45, 2.75) is 13.0 Å². The summed E-state index contributed by atoms with van der Waals surface area (Å²) in [5.41, 5.74) is 1.51. The van der Waals surface area contributed by atoms with E-state index in [-0.39, 0.29) is 29.8 Å². The van der Waals surface area contributed by atoms with Gasteiger partial charge in [0.15, 0.2) is 5.96 Å². The molecule has 19 heavy (non-hydrogen) atoms. The zero-order valence-electron chi connectivity index (χ0n) is 11.2. The molecule has 0 atom stereocenters. The van der Waals surface area contributed by atoms with Crippen LogP contribution in [0.5, 0.6) is 0 Å². The zero-order chi connectivity index (χ0) is 13.0. The van der Waals surface area contributed by atoms with Crippen LogP contribution in [-0.4, -0.2) is 33.1 Å². The molecule has 0 fully saturated rings. The second kappa shape index (κ2) is 7.52. The number of anilines is 1. The number of nitrogens with one attached hydrogen (secondary N) is 2. The highest BCUT2D eigenvalue weighted by atomic mass is 127. The largest absolute Gasteiger partial charge is 0.375 e. The van der Waals surface area contributed by atoms with E-state index < -0.39 is 0 Å². The van der Waals surface area contributed by atoms with Crippen LogP contribution in [0.2, 0.25) is 0 Å². The average Bonchev–Trinajstić information content (AvgIpc) is 2.37. The standard InChI is InChI=1S/C13H19FN4.HI/c1-18(2)12-5-4-10(8-11(12)14)9-17-13-15-6-3-7-16-13;/h4-5,8H,3,6-7,9H2,1-2H3,(H2,15,16,17);1H. The fourth-order valence-electron chi connectivity index (χ4n) is 1.86. The number of halogens is 2. The van der Waals surface area contributed by atoms with Gasteiger partial charge in [-0.3, -0.25) is 4.99 Å². The van der Waals surface area contributed by atoms with E-state index in [1.807, 2.05) is 20.2 Å². The molecule has 1 aromatic rings. The monoisotopic (exact) mass is 378 g/mol. The van der Waals surface area contributed by atoms with Crippen LogP contribution < -0.4 is 15.5 Å². The minimum Gasteiger partial charge on any atom is -0.375 e. The Bertz CT molecular complexity index is 448. The average molecular weight is 378 g/mol. The van der Waals surface area contributed by atoms with Crippen LogP contribution in [0, 0.1) is 5.82 Å². The maximum atomic E-state index is 13.8. The molecule has 1 aliphatic rings. The third-order valence-corrected chi connectivity index (χ3v) is 2.85. The van der Waals surface area contributed by atoms with Crippen molar-refractivity contribution in [1.29, 1.82) is 0 Å². The van der Waals surface area contributed by atoms with Gasteiger partial charge in [-0.2, -0.15) is 0 Å². The first-order chi connectivity index (χ1) is 8.66. The predicted molar refractivity (Wildman–Crippen MR) is 87.9 cm³/mol. The third kappa shape index (κ3) is 4.52. The van der Waals surface area contributed by atoms with E-state index in [0.29, 0.717) is 12.2 Å². The Labute approximate surface area is 130 Å². The summed E-state index contributed by atoms with van der Waals surface area (Å²) in [7, 11) is 3.66. The number of hydrogen-bond acceptors (Lipinski definition) is 4. The zero-order valence-corrected chi connectivity index (χ0v) is 13.6. The Morgan fingerprint density at radius 3 is 2.79 bits per heavy atom. The highest BCUT2D eigenvalue weighted by Gasteiger charge is 2.07. The first-order valence-corrected chi connectivity index (χ1v) is 6.15. The van der Waals surface area contributed by atoms with Crippen molar-refractivity contribution in [2.24, 2.45) is 4.99 Å². The van der Waals surface area contributed by atoms with E-state index in [1.54, 1.807) is 17.0 Å². The molecule has 0 saturated heterocycles. The summed E-state index contributed by atoms with van der Waals surface area (Å²) in [6.45, 7) is 2.37. The van der Waals surface area contributed by atoms with Crippen molar-refractivity contribution in [3.8, 4) is 0 Å². The Morgan fingerprint density at radius 2 is 2.21 bits per heavy atom. The molecule has 1 heterocycles. The summed E-state index contributed by atoms with van der Waals surface area (Å²) in [5.74, 6) is 0.608. The van der Waals surface area contributed by atoms with E-state index in [0.717, 1.165) is 31.0 Å². The molecule has 0 radical (unpaired) electrons. The van der Waals surface area contributed by atoms with Crippen LogP contribution in [-0.2, 0) is 6.54 Å². The summed E-state index contributed by atoms with van der Waals surface area (Å²) >= 11 is 0. The van der Waals surface area contributed by atoms with Crippen molar-refractivity contribution in [3.05, 3.63) is 29.6 Å². The van der Waals surface area contributed by atoms with E-state index in [2.05, 4.69) is 15.6 Å². The molecule has 0 saturated carbocycles. The van der Waals surface area contributed by atoms with E-state index >= 15 is 0 Å². The Hall–Kier alpha value is -1.05. The number of hydrogen-bond donors (Lipinski definition) is 2. The van der Waals surface area contributed by atoms with Gasteiger partial charge in [0.1, 0.15) is 5.82 Å². The Kier molecular flexibility index (Phi) is 6.33. The van der Waals surface area contributed by atoms with Gasteiger partial charge in [0.2, 0.25) is 0 Å². The van der Waals surface area contributed by atoms with Crippen LogP contribution in [0.3, 0.4) is 0 Å². The van der Waals surface area contributed by atoms with Crippen molar-refractivity contribution in [3.63, 3.8) is 0 Å². The number of benzene rings is 1. The minimum atomic E-state index is -0.196. The lowest BCUT2D eigenvalue weighted by atomic mass is 10.2. The molecule has 106 valence electrons. The van der Waals surface area contributed by atoms with Gasteiger partial charge in [-0.15, -0.1) is 24.0 Å². The summed E-state index contributed by atoms with van der Waals surface area (Å²) in [4.78, 5) is 6.07. The maximum Gasteiger partial charge on any atom is 0.191 e. The van der Waals surface area contributed by atoms with Gasteiger partial charge < -0.3 is 15.5 Å². The lowest BCUT2D eigenvalue weighted by Gasteiger charge is -2.17. The molecule has 1 aromatic carbocycles. The van der Waals surface area contributed by atoms with Crippen LogP contribution in [0.15, 0.2) is 23.2 Å². The molecule has 0 aromatic heterocycles. The van der Waals surface area contributed by atoms with Gasteiger partial charge in [-0.25, -0.2) is 4.39 Å². The molecule has 2 N–H and O–H groups in total. The number of aliphatic imine (C=N–C) groups is 1. The SMILES string of the molecule is CN(C)c1ccc(CNC2=NCCCN2)cc1F.I. The van der Waals surface area contributed by atoms with Gasteiger partial charge in [0, 0.05) is 33.7 Å². The van der Waals surface area contributed by atoms with Gasteiger partial charge in [-0.1, -0.05) is 6.07 Å². The van der Waals surface area contributed by atoms with E-state index in [9.17, 15) is 4.39 Å². The first kappa shape index (κ1) is 16.0. The van der Waals surface area contributed by atoms with Gasteiger partial charge in [0.25, 0.3) is 0 Å². The molecule has 0 aliphatic carbocycles. The topological polar surface area (TPSA) is 39.7 Å². The van der Waals surface area contributed by atoms with Crippen LogP contribution in [0.25, 0.3) is 0 Å². The van der Waals surface area contributed by atoms with Crippen molar-refractivity contribution >= 4 is 35.6 Å². The normalized spacial score (nSPS) is 13.9. The summed E-state index contributed by atoms with van der Waals surface area (Å²) in [6, 6.07) is 5.28. The molecular formula is C13H20FIN4. The Morgan fingerprint density at radius 1 is 1.42 bits per heavy atom. The molecule has 6 heteroatoms. The van der Waals surface area contributed by atoms with E-state index in [1.165, 1.54) is 0 Å². The number of nitrogens with zero attached hydrogens (tertiary/aromatic N) is 2. The van der Waals surface area contributed by atoms with Gasteiger partial charge in [0.05, 0.1) is 5.69 Å². The molecule has 4 nitrogen and oxygen atoms in total. The highest BCUT2D eigenvalue weighted by Crippen LogP contribution is 2.18. The van der Waals surface area contributed by atoms with Crippen molar-refractivity contribution < 1.29 is 4.39 Å². The smallest absolute Gasteiger partial charge is 0.191 e. The summed E-state index contributed by atoms with van der Waals surface area (Å²) in [5, 5.41) is 6.34. The number of rotatable bonds is 3. The van der Waals surface area contributed by atoms with Crippen LogP contribution in [0.4, 0.5) is 10.1 Å². The minimum absolute atomic E-state index is 0. The molecule has 0 spiro atoms. The van der Waals surface area contributed by atoms with Crippen LogP contribution >= 0.6 is 24.0 Å². The Balaban J connectivity index is 0.00000180. The van der Waals surface area contributed by atoms with E-state index in [4.69, 9.17) is 0 Å². The van der Waals surface area contributed by atoms with Crippen molar-refractivity contribution in [1.82, 2.24) is 10.6 Å². The quantitative estimate of drug-likeness (QED) is 0.790. The fourth-order valence-corrected chi connectivity index (χ4v) is 1.86. The van der Waals surface area contributed by atoms with Gasteiger partial charge in [-0.05, 0) is 24.1 Å². The number of guanidine groups is 1. The lowest BCUT2D eigenvalue weighted by molar-refractivity contribution is 0.622. The molecule has 0 unspecified atom stereocenters. The summed E-state index contributed by atoms with van der Waals surface area (Å²) in [6.07, 6.45) is 1.07. The molecule has 0 amide bonds. The highest BCUT2D eigenvalue weighted by molar-refractivity contribution is 14.0. The second-order valence-electron chi connectivity index (χ2n) is 4.54. The molecule has 0 bridgehead atoms. The molecule has 1 aliphatic heterocycles. The third-order valence-electron chi connectivity index (χ3n) is 2.85. The first-order valence-electron chi connectivity index (χ1n) is 6.15. The maximum absolute atomic E-state index is 13.8.